The Morgan fingerprint density at radius 1 is 1.25 bits per heavy atom. The highest BCUT2D eigenvalue weighted by Gasteiger charge is 2.16. The minimum absolute atomic E-state index is 0.104. The van der Waals surface area contributed by atoms with Gasteiger partial charge in [0.05, 0.1) is 6.54 Å². The number of rotatable bonds is 7. The maximum atomic E-state index is 11.6. The lowest BCUT2D eigenvalue weighted by Gasteiger charge is -2.22. The van der Waals surface area contributed by atoms with E-state index in [4.69, 9.17) is 5.84 Å². The van der Waals surface area contributed by atoms with E-state index in [9.17, 15) is 4.79 Å². The quantitative estimate of drug-likeness (QED) is 0.439. The number of carbonyl (C=O) groups excluding carboxylic acids is 1. The summed E-state index contributed by atoms with van der Waals surface area (Å²) in [5.41, 5.74) is 2.41. The van der Waals surface area contributed by atoms with Crippen molar-refractivity contribution in [1.29, 1.82) is 0 Å². The zero-order valence-electron chi connectivity index (χ0n) is 12.3. The van der Waals surface area contributed by atoms with E-state index in [-0.39, 0.29) is 18.4 Å². The van der Waals surface area contributed by atoms with Crippen LogP contribution in [-0.4, -0.2) is 55.1 Å². The van der Waals surface area contributed by atoms with Crippen LogP contribution in [0.25, 0.3) is 0 Å². The average Bonchev–Trinajstić information content (AvgIpc) is 2.45. The molecule has 1 aromatic heterocycles. The Hall–Kier alpha value is -2.16. The van der Waals surface area contributed by atoms with Gasteiger partial charge in [0.25, 0.3) is 0 Å². The molecule has 0 aromatic carbocycles. The molecule has 0 radical (unpaired) electrons. The third kappa shape index (κ3) is 4.19. The Balaban J connectivity index is 3.10. The first-order valence-electron chi connectivity index (χ1n) is 6.37. The normalized spacial score (nSPS) is 10.1. The van der Waals surface area contributed by atoms with Crippen LogP contribution in [0.4, 0.5) is 17.8 Å². The molecule has 1 heterocycles. The lowest BCUT2D eigenvalue weighted by atomic mass is 10.4. The molecular weight excluding hydrogens is 260 g/mol. The van der Waals surface area contributed by atoms with E-state index in [1.54, 1.807) is 16.8 Å². The summed E-state index contributed by atoms with van der Waals surface area (Å²) in [5.74, 6) is 6.42. The first-order valence-corrected chi connectivity index (χ1v) is 6.37. The van der Waals surface area contributed by atoms with Crippen molar-refractivity contribution < 1.29 is 4.79 Å². The largest absolute Gasteiger partial charge is 0.358 e. The molecule has 0 unspecified atom stereocenters. The van der Waals surface area contributed by atoms with Gasteiger partial charge in [-0.05, 0) is 6.42 Å². The van der Waals surface area contributed by atoms with Gasteiger partial charge >= 0.3 is 0 Å². The Labute approximate surface area is 118 Å². The number of nitrogen functional groups attached to an aromatic ring is 1. The molecule has 0 saturated heterocycles. The lowest BCUT2D eigenvalue weighted by molar-refractivity contribution is -0.119. The molecule has 4 N–H and O–H groups in total. The first kappa shape index (κ1) is 15.9. The van der Waals surface area contributed by atoms with Gasteiger partial charge in [-0.3, -0.25) is 10.2 Å². The van der Waals surface area contributed by atoms with Crippen LogP contribution in [0.3, 0.4) is 0 Å². The van der Waals surface area contributed by atoms with Crippen molar-refractivity contribution in [3.8, 4) is 0 Å². The monoisotopic (exact) mass is 282 g/mol. The number of aromatic nitrogens is 3. The van der Waals surface area contributed by atoms with Crippen LogP contribution in [0, 0.1) is 0 Å². The van der Waals surface area contributed by atoms with E-state index in [0.29, 0.717) is 18.4 Å². The van der Waals surface area contributed by atoms with Crippen molar-refractivity contribution in [2.45, 2.75) is 13.3 Å². The average molecular weight is 282 g/mol. The molecule has 9 nitrogen and oxygen atoms in total. The number of nitrogens with zero attached hydrogens (tertiary/aromatic N) is 5. The van der Waals surface area contributed by atoms with Crippen molar-refractivity contribution in [3.63, 3.8) is 0 Å². The van der Waals surface area contributed by atoms with Crippen molar-refractivity contribution in [3.05, 3.63) is 0 Å². The van der Waals surface area contributed by atoms with Crippen molar-refractivity contribution in [2.24, 2.45) is 5.84 Å². The van der Waals surface area contributed by atoms with Crippen LogP contribution in [0.15, 0.2) is 0 Å². The van der Waals surface area contributed by atoms with Crippen molar-refractivity contribution in [1.82, 2.24) is 20.3 Å². The van der Waals surface area contributed by atoms with Gasteiger partial charge in [-0.1, -0.05) is 6.92 Å². The number of likely N-dealkylation sites (N-methyl/N-ethyl adjacent to an activating group) is 1. The predicted molar refractivity (Wildman–Crippen MR) is 78.5 cm³/mol. The molecule has 0 fully saturated rings. The predicted octanol–water partition coefficient (Wildman–Crippen LogP) is -0.814. The van der Waals surface area contributed by atoms with E-state index in [1.165, 1.54) is 0 Å². The number of nitrogens with two attached hydrogens (primary N) is 1. The van der Waals surface area contributed by atoms with E-state index in [2.05, 4.69) is 25.7 Å². The van der Waals surface area contributed by atoms with Crippen LogP contribution in [0.2, 0.25) is 0 Å². The Morgan fingerprint density at radius 3 is 2.40 bits per heavy atom. The van der Waals surface area contributed by atoms with Crippen LogP contribution in [0.1, 0.15) is 13.3 Å². The van der Waals surface area contributed by atoms with Gasteiger partial charge < -0.3 is 15.1 Å². The minimum Gasteiger partial charge on any atom is -0.358 e. The summed E-state index contributed by atoms with van der Waals surface area (Å²) in [7, 11) is 5.24. The fourth-order valence-electron chi connectivity index (χ4n) is 1.53. The smallest absolute Gasteiger partial charge is 0.243 e. The number of hydrogen-bond donors (Lipinski definition) is 3. The fraction of sp³-hybridized carbons (Fsp3) is 0.636. The minimum atomic E-state index is -0.104. The summed E-state index contributed by atoms with van der Waals surface area (Å²) in [5, 5.41) is 2.59. The number of nitrogens with one attached hydrogen (secondary N) is 2. The molecule has 112 valence electrons. The fourth-order valence-corrected chi connectivity index (χ4v) is 1.53. The number of carbonyl (C=O) groups is 1. The molecule has 0 atom stereocenters. The van der Waals surface area contributed by atoms with Gasteiger partial charge in [0.1, 0.15) is 0 Å². The second-order valence-electron chi connectivity index (χ2n) is 4.39. The molecule has 0 bridgehead atoms. The van der Waals surface area contributed by atoms with Gasteiger partial charge in [0.2, 0.25) is 23.8 Å². The maximum absolute atomic E-state index is 11.6. The SMILES string of the molecule is CCCN(CC(=O)NC)c1nc(NN)nc(N(C)C)n1. The molecular formula is C11H22N8O. The third-order valence-electron chi connectivity index (χ3n) is 2.53. The van der Waals surface area contributed by atoms with E-state index in [0.717, 1.165) is 6.42 Å². The zero-order valence-corrected chi connectivity index (χ0v) is 12.3. The van der Waals surface area contributed by atoms with E-state index in [1.807, 2.05) is 21.0 Å². The molecule has 1 aromatic rings. The van der Waals surface area contributed by atoms with Crippen molar-refractivity contribution in [2.75, 3.05) is 49.5 Å². The standard InChI is InChI=1S/C11H22N8O/c1-5-6-19(7-8(20)13-2)11-15-9(17-12)14-10(16-11)18(3)4/h5-7,12H2,1-4H3,(H,13,20)(H,14,15,16,17). The molecule has 20 heavy (non-hydrogen) atoms. The highest BCUT2D eigenvalue weighted by Crippen LogP contribution is 2.14. The van der Waals surface area contributed by atoms with E-state index >= 15 is 0 Å². The number of hydrazine groups is 1. The zero-order chi connectivity index (χ0) is 15.1. The molecule has 0 aliphatic rings. The molecule has 0 aliphatic carbocycles. The first-order chi connectivity index (χ1) is 9.51. The summed E-state index contributed by atoms with van der Waals surface area (Å²) < 4.78 is 0. The molecule has 1 rings (SSSR count). The number of amides is 1. The van der Waals surface area contributed by atoms with Crippen LogP contribution in [-0.2, 0) is 4.79 Å². The summed E-state index contributed by atoms with van der Waals surface area (Å²) in [4.78, 5) is 27.8. The second kappa shape index (κ2) is 7.43. The summed E-state index contributed by atoms with van der Waals surface area (Å²) >= 11 is 0. The molecule has 0 aliphatic heterocycles. The molecule has 1 amide bonds. The Morgan fingerprint density at radius 2 is 1.90 bits per heavy atom. The van der Waals surface area contributed by atoms with Crippen molar-refractivity contribution >= 4 is 23.8 Å². The third-order valence-corrected chi connectivity index (χ3v) is 2.53. The topological polar surface area (TPSA) is 112 Å². The van der Waals surface area contributed by atoms with Gasteiger partial charge in [0.15, 0.2) is 0 Å². The second-order valence-corrected chi connectivity index (χ2v) is 4.39. The summed E-state index contributed by atoms with van der Waals surface area (Å²) in [6.07, 6.45) is 0.866. The van der Waals surface area contributed by atoms with Gasteiger partial charge in [-0.2, -0.15) is 15.0 Å². The number of hydrogen-bond acceptors (Lipinski definition) is 8. The van der Waals surface area contributed by atoms with Gasteiger partial charge in [0, 0.05) is 27.7 Å². The van der Waals surface area contributed by atoms with Crippen LogP contribution in [0.5, 0.6) is 0 Å². The Bertz CT molecular complexity index is 450. The number of anilines is 3. The van der Waals surface area contributed by atoms with Gasteiger partial charge in [-0.25, -0.2) is 5.84 Å². The van der Waals surface area contributed by atoms with E-state index < -0.39 is 0 Å². The summed E-state index contributed by atoms with van der Waals surface area (Å²) in [6.45, 7) is 2.87. The highest BCUT2D eigenvalue weighted by atomic mass is 16.1. The molecule has 0 spiro atoms. The van der Waals surface area contributed by atoms with Crippen LogP contribution >= 0.6 is 0 Å². The maximum Gasteiger partial charge on any atom is 0.243 e. The lowest BCUT2D eigenvalue weighted by Crippen LogP contribution is -2.37. The Kier molecular flexibility index (Phi) is 5.91. The molecule has 9 heteroatoms. The van der Waals surface area contributed by atoms with Crippen LogP contribution < -0.4 is 26.4 Å². The molecule has 0 saturated carbocycles. The van der Waals surface area contributed by atoms with Gasteiger partial charge in [-0.15, -0.1) is 0 Å². The summed E-state index contributed by atoms with van der Waals surface area (Å²) in [6, 6.07) is 0. The highest BCUT2D eigenvalue weighted by molar-refractivity contribution is 5.80.